The molecule has 78 valence electrons. The number of carbonyl (C=O) groups is 1. The minimum Gasteiger partial charge on any atom is -0.468 e. The van der Waals surface area contributed by atoms with Crippen molar-refractivity contribution in [3.8, 4) is 0 Å². The Hall–Kier alpha value is -0.820. The topological polar surface area (TPSA) is 47.6 Å². The van der Waals surface area contributed by atoms with Gasteiger partial charge < -0.3 is 10.1 Å². The third kappa shape index (κ3) is 9.09. The van der Waals surface area contributed by atoms with Crippen LogP contribution in [0.15, 0.2) is 0 Å². The second-order valence-electron chi connectivity index (χ2n) is 2.05. The summed E-state index contributed by atoms with van der Waals surface area (Å²) in [6.45, 7) is -0.715. The third-order valence-electron chi connectivity index (χ3n) is 1.04. The Labute approximate surface area is 73.0 Å². The van der Waals surface area contributed by atoms with Crippen LogP contribution >= 0.6 is 0 Å². The Bertz CT molecular complexity index is 160. The normalized spacial score (nSPS) is 11.4. The van der Waals surface area contributed by atoms with Crippen molar-refractivity contribution in [2.24, 2.45) is 0 Å². The number of ether oxygens (including phenoxy) is 2. The number of hydrogen-bond acceptors (Lipinski definition) is 4. The minimum absolute atomic E-state index is 0.0609. The van der Waals surface area contributed by atoms with Crippen molar-refractivity contribution in [1.29, 1.82) is 0 Å². The summed E-state index contributed by atoms with van der Waals surface area (Å²) in [6, 6.07) is 0. The third-order valence-corrected chi connectivity index (χ3v) is 1.04. The highest BCUT2D eigenvalue weighted by molar-refractivity contribution is 5.71. The number of hydrogen-bond donors (Lipinski definition) is 1. The van der Waals surface area contributed by atoms with Gasteiger partial charge in [0.1, 0.15) is 0 Å². The molecule has 0 atom stereocenters. The number of alkyl halides is 3. The maximum absolute atomic E-state index is 11.4. The molecule has 0 aromatic heterocycles. The van der Waals surface area contributed by atoms with Gasteiger partial charge in [0, 0.05) is 6.54 Å². The van der Waals surface area contributed by atoms with E-state index in [2.05, 4.69) is 14.8 Å². The average Bonchev–Trinajstić information content (AvgIpc) is 2.01. The van der Waals surface area contributed by atoms with Crippen LogP contribution in [-0.4, -0.2) is 39.1 Å². The van der Waals surface area contributed by atoms with E-state index in [4.69, 9.17) is 0 Å². The number of rotatable bonds is 5. The van der Waals surface area contributed by atoms with Gasteiger partial charge in [-0.05, 0) is 0 Å². The van der Waals surface area contributed by atoms with E-state index in [0.29, 0.717) is 0 Å². The van der Waals surface area contributed by atoms with E-state index < -0.39 is 18.9 Å². The summed E-state index contributed by atoms with van der Waals surface area (Å²) in [5.74, 6) is -0.535. The molecule has 0 heterocycles. The van der Waals surface area contributed by atoms with Crippen molar-refractivity contribution >= 4 is 5.97 Å². The minimum atomic E-state index is -4.62. The van der Waals surface area contributed by atoms with E-state index in [9.17, 15) is 18.0 Å². The molecule has 0 spiro atoms. The van der Waals surface area contributed by atoms with Gasteiger partial charge in [0.05, 0.1) is 20.3 Å². The average molecular weight is 201 g/mol. The summed E-state index contributed by atoms with van der Waals surface area (Å²) in [7, 11) is 1.19. The molecule has 4 nitrogen and oxygen atoms in total. The SMILES string of the molecule is COC(=O)CNCCOC(F)(F)F. The Morgan fingerprint density at radius 2 is 2.08 bits per heavy atom. The molecule has 0 aliphatic rings. The fraction of sp³-hybridized carbons (Fsp3) is 0.833. The molecule has 0 fully saturated rings. The molecule has 0 bridgehead atoms. The lowest BCUT2D eigenvalue weighted by molar-refractivity contribution is -0.323. The molecule has 0 aromatic carbocycles. The zero-order chi connectivity index (χ0) is 10.3. The van der Waals surface area contributed by atoms with Crippen molar-refractivity contribution in [3.63, 3.8) is 0 Å². The van der Waals surface area contributed by atoms with Gasteiger partial charge in [-0.3, -0.25) is 9.53 Å². The van der Waals surface area contributed by atoms with Crippen LogP contribution < -0.4 is 5.32 Å². The number of carbonyl (C=O) groups excluding carboxylic acids is 1. The first-order valence-corrected chi connectivity index (χ1v) is 3.44. The Kier molecular flexibility index (Phi) is 5.40. The van der Waals surface area contributed by atoms with Gasteiger partial charge in [0.2, 0.25) is 0 Å². The predicted octanol–water partition coefficient (Wildman–Crippen LogP) is 0.285. The summed E-state index contributed by atoms with van der Waals surface area (Å²) in [5, 5.41) is 2.41. The summed E-state index contributed by atoms with van der Waals surface area (Å²) >= 11 is 0. The highest BCUT2D eigenvalue weighted by Gasteiger charge is 2.28. The maximum atomic E-state index is 11.4. The Balaban J connectivity index is 3.22. The molecule has 0 unspecified atom stereocenters. The Morgan fingerprint density at radius 1 is 1.46 bits per heavy atom. The van der Waals surface area contributed by atoms with E-state index in [-0.39, 0.29) is 13.1 Å². The van der Waals surface area contributed by atoms with Gasteiger partial charge in [-0.25, -0.2) is 0 Å². The first kappa shape index (κ1) is 12.2. The second-order valence-corrected chi connectivity index (χ2v) is 2.05. The van der Waals surface area contributed by atoms with Gasteiger partial charge in [0.25, 0.3) is 0 Å². The molecular weight excluding hydrogens is 191 g/mol. The molecule has 0 amide bonds. The van der Waals surface area contributed by atoms with Crippen LogP contribution in [0.4, 0.5) is 13.2 Å². The molecule has 0 rings (SSSR count). The van der Waals surface area contributed by atoms with Crippen molar-refractivity contribution in [1.82, 2.24) is 5.32 Å². The smallest absolute Gasteiger partial charge is 0.468 e. The molecule has 1 N–H and O–H groups in total. The fourth-order valence-electron chi connectivity index (χ4n) is 0.502. The van der Waals surface area contributed by atoms with Gasteiger partial charge in [-0.1, -0.05) is 0 Å². The Morgan fingerprint density at radius 3 is 2.54 bits per heavy atom. The van der Waals surface area contributed by atoms with Crippen molar-refractivity contribution < 1.29 is 27.4 Å². The first-order valence-electron chi connectivity index (χ1n) is 3.44. The standard InChI is InChI=1S/C6H10F3NO3/c1-12-5(11)4-10-2-3-13-6(7,8)9/h10H,2-4H2,1H3. The van der Waals surface area contributed by atoms with Gasteiger partial charge >= 0.3 is 12.3 Å². The summed E-state index contributed by atoms with van der Waals surface area (Å²) in [5.41, 5.74) is 0. The maximum Gasteiger partial charge on any atom is 0.522 e. The lowest BCUT2D eigenvalue weighted by Crippen LogP contribution is -2.29. The van der Waals surface area contributed by atoms with Crippen LogP contribution in [0.1, 0.15) is 0 Å². The van der Waals surface area contributed by atoms with Crippen LogP contribution in [0.2, 0.25) is 0 Å². The number of nitrogens with one attached hydrogen (secondary N) is 1. The highest BCUT2D eigenvalue weighted by atomic mass is 19.4. The largest absolute Gasteiger partial charge is 0.522 e. The zero-order valence-electron chi connectivity index (χ0n) is 6.98. The lowest BCUT2D eigenvalue weighted by Gasteiger charge is -2.07. The monoisotopic (exact) mass is 201 g/mol. The molecule has 0 aromatic rings. The van der Waals surface area contributed by atoms with Crippen LogP contribution in [-0.2, 0) is 14.3 Å². The molecule has 0 aliphatic carbocycles. The molecule has 0 saturated heterocycles. The predicted molar refractivity (Wildman–Crippen MR) is 36.9 cm³/mol. The summed E-state index contributed by atoms with van der Waals surface area (Å²) < 4.78 is 41.8. The van der Waals surface area contributed by atoms with Crippen LogP contribution in [0.25, 0.3) is 0 Å². The number of methoxy groups -OCH3 is 1. The van der Waals surface area contributed by atoms with Crippen LogP contribution in [0.5, 0.6) is 0 Å². The highest BCUT2D eigenvalue weighted by Crippen LogP contribution is 2.14. The van der Waals surface area contributed by atoms with Gasteiger partial charge in [-0.2, -0.15) is 0 Å². The summed E-state index contributed by atoms with van der Waals surface area (Å²) in [4.78, 5) is 10.4. The molecule has 13 heavy (non-hydrogen) atoms. The molecule has 0 aliphatic heterocycles. The van der Waals surface area contributed by atoms with E-state index in [1.54, 1.807) is 0 Å². The molecular formula is C6H10F3NO3. The quantitative estimate of drug-likeness (QED) is 0.513. The first-order chi connectivity index (χ1) is 5.95. The van der Waals surface area contributed by atoms with Crippen molar-refractivity contribution in [3.05, 3.63) is 0 Å². The molecule has 7 heteroatoms. The van der Waals surface area contributed by atoms with Crippen molar-refractivity contribution in [2.75, 3.05) is 26.8 Å². The molecule has 0 saturated carbocycles. The zero-order valence-corrected chi connectivity index (χ0v) is 6.98. The van der Waals surface area contributed by atoms with Crippen molar-refractivity contribution in [2.45, 2.75) is 6.36 Å². The molecule has 0 radical (unpaired) electrons. The van der Waals surface area contributed by atoms with Gasteiger partial charge in [-0.15, -0.1) is 13.2 Å². The van der Waals surface area contributed by atoms with Gasteiger partial charge in [0.15, 0.2) is 0 Å². The lowest BCUT2D eigenvalue weighted by atomic mass is 10.6. The van der Waals surface area contributed by atoms with E-state index in [0.717, 1.165) is 0 Å². The fourth-order valence-corrected chi connectivity index (χ4v) is 0.502. The number of esters is 1. The second kappa shape index (κ2) is 5.76. The van der Waals surface area contributed by atoms with Crippen LogP contribution in [0, 0.1) is 0 Å². The number of halogens is 3. The summed E-state index contributed by atoms with van der Waals surface area (Å²) in [6.07, 6.45) is -4.62. The van der Waals surface area contributed by atoms with Crippen LogP contribution in [0.3, 0.4) is 0 Å². The van der Waals surface area contributed by atoms with E-state index in [1.165, 1.54) is 7.11 Å². The van der Waals surface area contributed by atoms with E-state index in [1.807, 2.05) is 0 Å². The van der Waals surface area contributed by atoms with E-state index >= 15 is 0 Å².